The van der Waals surface area contributed by atoms with E-state index in [-0.39, 0.29) is 0 Å². The molecule has 2 heterocycles. The number of rotatable bonds is 2. The third kappa shape index (κ3) is 2.30. The van der Waals surface area contributed by atoms with E-state index in [1.807, 2.05) is 24.6 Å². The highest BCUT2D eigenvalue weighted by atomic mass is 35.5. The maximum Gasteiger partial charge on any atom is 0.0592 e. The normalized spacial score (nSPS) is 10.1. The topological polar surface area (TPSA) is 25.8 Å². The van der Waals surface area contributed by atoms with Gasteiger partial charge in [0.2, 0.25) is 0 Å². The van der Waals surface area contributed by atoms with Gasteiger partial charge in [-0.1, -0.05) is 17.7 Å². The van der Waals surface area contributed by atoms with Gasteiger partial charge < -0.3 is 0 Å². The van der Waals surface area contributed by atoms with E-state index < -0.39 is 0 Å². The lowest BCUT2D eigenvalue weighted by molar-refractivity contribution is 1.24. The van der Waals surface area contributed by atoms with Crippen molar-refractivity contribution in [3.8, 4) is 0 Å². The van der Waals surface area contributed by atoms with Gasteiger partial charge in [-0.25, -0.2) is 0 Å². The number of aromatic nitrogens is 2. The van der Waals surface area contributed by atoms with Crippen LogP contribution in [0.5, 0.6) is 0 Å². The molecule has 3 heteroatoms. The molecule has 2 nitrogen and oxygen atoms in total. The molecule has 0 fully saturated rings. The van der Waals surface area contributed by atoms with E-state index in [1.165, 1.54) is 0 Å². The summed E-state index contributed by atoms with van der Waals surface area (Å²) in [5.41, 5.74) is 2.02. The van der Waals surface area contributed by atoms with Crippen LogP contribution in [0.1, 0.15) is 11.1 Å². The Morgan fingerprint density at radius 2 is 1.93 bits per heavy atom. The Morgan fingerprint density at radius 1 is 1.07 bits per heavy atom. The van der Waals surface area contributed by atoms with E-state index in [4.69, 9.17) is 11.6 Å². The molecule has 0 bridgehead atoms. The predicted molar refractivity (Wildman–Crippen MR) is 56.0 cm³/mol. The number of nitrogens with zero attached hydrogens (tertiary/aromatic N) is 2. The lowest BCUT2D eigenvalue weighted by atomic mass is 10.1. The summed E-state index contributed by atoms with van der Waals surface area (Å²) < 4.78 is 0. The summed E-state index contributed by atoms with van der Waals surface area (Å²) in [6, 6.07) is 5.74. The standard InChI is InChI=1S/C11H8ClN2/c12-11-5-10(7-14-8-11)4-9-2-1-3-13-6-9/h1-8H. The van der Waals surface area contributed by atoms with Crippen molar-refractivity contribution in [3.63, 3.8) is 0 Å². The summed E-state index contributed by atoms with van der Waals surface area (Å²) in [4.78, 5) is 8.02. The Balaban J connectivity index is 2.19. The van der Waals surface area contributed by atoms with E-state index in [9.17, 15) is 0 Å². The quantitative estimate of drug-likeness (QED) is 0.750. The average molecular weight is 204 g/mol. The lowest BCUT2D eigenvalue weighted by Gasteiger charge is -1.99. The molecular formula is C11H8ClN2. The molecule has 69 valence electrons. The second kappa shape index (κ2) is 4.20. The van der Waals surface area contributed by atoms with Crippen LogP contribution in [0.15, 0.2) is 43.0 Å². The second-order valence-electron chi connectivity index (χ2n) is 2.87. The van der Waals surface area contributed by atoms with E-state index >= 15 is 0 Å². The van der Waals surface area contributed by atoms with Crippen LogP contribution >= 0.6 is 11.6 Å². The molecule has 1 radical (unpaired) electrons. The SMILES string of the molecule is Clc1cncc([CH]c2cccnc2)c1. The molecule has 0 aliphatic carbocycles. The third-order valence-corrected chi connectivity index (χ3v) is 1.95. The van der Waals surface area contributed by atoms with Crippen LogP contribution in [0, 0.1) is 6.42 Å². The summed E-state index contributed by atoms with van der Waals surface area (Å²) >= 11 is 5.81. The fraction of sp³-hybridized carbons (Fsp3) is 0. The highest BCUT2D eigenvalue weighted by Gasteiger charge is 1.97. The smallest absolute Gasteiger partial charge is 0.0592 e. The van der Waals surface area contributed by atoms with Crippen LogP contribution in [0.3, 0.4) is 0 Å². The minimum atomic E-state index is 0.641. The summed E-state index contributed by atoms with van der Waals surface area (Å²) in [6.45, 7) is 0. The first-order valence-electron chi connectivity index (χ1n) is 4.20. The highest BCUT2D eigenvalue weighted by Crippen LogP contribution is 2.13. The molecule has 14 heavy (non-hydrogen) atoms. The molecule has 0 amide bonds. The summed E-state index contributed by atoms with van der Waals surface area (Å²) in [6.07, 6.45) is 8.89. The largest absolute Gasteiger partial charge is 0.264 e. The van der Waals surface area contributed by atoms with E-state index in [1.54, 1.807) is 24.8 Å². The molecule has 2 aromatic heterocycles. The number of pyridine rings is 2. The van der Waals surface area contributed by atoms with Gasteiger partial charge in [-0.15, -0.1) is 0 Å². The van der Waals surface area contributed by atoms with E-state index in [2.05, 4.69) is 9.97 Å². The monoisotopic (exact) mass is 203 g/mol. The summed E-state index contributed by atoms with van der Waals surface area (Å²) in [5.74, 6) is 0. The molecule has 2 aromatic rings. The van der Waals surface area contributed by atoms with Crippen molar-refractivity contribution in [2.45, 2.75) is 0 Å². The molecule has 0 saturated heterocycles. The van der Waals surface area contributed by atoms with Crippen molar-refractivity contribution >= 4 is 11.6 Å². The second-order valence-corrected chi connectivity index (χ2v) is 3.30. The van der Waals surface area contributed by atoms with Gasteiger partial charge in [-0.2, -0.15) is 0 Å². The van der Waals surface area contributed by atoms with Gasteiger partial charge >= 0.3 is 0 Å². The minimum absolute atomic E-state index is 0.641. The number of hydrogen-bond acceptors (Lipinski definition) is 2. The van der Waals surface area contributed by atoms with Crippen LogP contribution in [-0.4, -0.2) is 9.97 Å². The Hall–Kier alpha value is -1.41. The van der Waals surface area contributed by atoms with Gasteiger partial charge in [0, 0.05) is 31.2 Å². The lowest BCUT2D eigenvalue weighted by Crippen LogP contribution is -1.86. The Kier molecular flexibility index (Phi) is 2.75. The van der Waals surface area contributed by atoms with Gasteiger partial charge in [0.25, 0.3) is 0 Å². The molecule has 0 aromatic carbocycles. The number of halogens is 1. The van der Waals surface area contributed by atoms with Gasteiger partial charge in [-0.05, 0) is 23.3 Å². The molecule has 0 saturated carbocycles. The van der Waals surface area contributed by atoms with Gasteiger partial charge in [-0.3, -0.25) is 9.97 Å². The van der Waals surface area contributed by atoms with Crippen LogP contribution in [-0.2, 0) is 0 Å². The Labute approximate surface area is 87.6 Å². The Bertz CT molecular complexity index is 415. The maximum atomic E-state index is 5.81. The van der Waals surface area contributed by atoms with Crippen molar-refractivity contribution in [1.82, 2.24) is 9.97 Å². The van der Waals surface area contributed by atoms with Crippen LogP contribution < -0.4 is 0 Å². The van der Waals surface area contributed by atoms with Gasteiger partial charge in [0.15, 0.2) is 0 Å². The molecule has 0 atom stereocenters. The maximum absolute atomic E-state index is 5.81. The number of hydrogen-bond donors (Lipinski definition) is 0. The molecule has 0 aliphatic heterocycles. The predicted octanol–water partition coefficient (Wildman–Crippen LogP) is 2.73. The van der Waals surface area contributed by atoms with Crippen LogP contribution in [0.25, 0.3) is 0 Å². The van der Waals surface area contributed by atoms with Crippen molar-refractivity contribution in [2.75, 3.05) is 0 Å². The first-order valence-corrected chi connectivity index (χ1v) is 4.58. The van der Waals surface area contributed by atoms with Gasteiger partial charge in [0.05, 0.1) is 5.02 Å². The molecule has 0 N–H and O–H groups in total. The van der Waals surface area contributed by atoms with Crippen molar-refractivity contribution in [1.29, 1.82) is 0 Å². The average Bonchev–Trinajstić information content (AvgIpc) is 2.19. The minimum Gasteiger partial charge on any atom is -0.264 e. The van der Waals surface area contributed by atoms with Crippen LogP contribution in [0.4, 0.5) is 0 Å². The summed E-state index contributed by atoms with van der Waals surface area (Å²) in [5, 5.41) is 0.641. The fourth-order valence-corrected chi connectivity index (χ4v) is 1.34. The zero-order valence-electron chi connectivity index (χ0n) is 7.39. The fourth-order valence-electron chi connectivity index (χ4n) is 1.16. The zero-order valence-corrected chi connectivity index (χ0v) is 8.15. The first-order chi connectivity index (χ1) is 6.84. The molecule has 0 spiro atoms. The molecular weight excluding hydrogens is 196 g/mol. The summed E-state index contributed by atoms with van der Waals surface area (Å²) in [7, 11) is 0. The molecule has 2 rings (SSSR count). The third-order valence-electron chi connectivity index (χ3n) is 1.74. The van der Waals surface area contributed by atoms with E-state index in [0.717, 1.165) is 11.1 Å². The highest BCUT2D eigenvalue weighted by molar-refractivity contribution is 6.30. The Morgan fingerprint density at radius 3 is 2.64 bits per heavy atom. The molecule has 0 unspecified atom stereocenters. The van der Waals surface area contributed by atoms with Crippen molar-refractivity contribution in [2.24, 2.45) is 0 Å². The first kappa shape index (κ1) is 9.16. The van der Waals surface area contributed by atoms with E-state index in [0.29, 0.717) is 5.02 Å². The molecule has 0 aliphatic rings. The van der Waals surface area contributed by atoms with Crippen molar-refractivity contribution < 1.29 is 0 Å². The van der Waals surface area contributed by atoms with Crippen LogP contribution in [0.2, 0.25) is 5.02 Å². The van der Waals surface area contributed by atoms with Gasteiger partial charge in [0.1, 0.15) is 0 Å². The zero-order chi connectivity index (χ0) is 9.80. The van der Waals surface area contributed by atoms with Crippen molar-refractivity contribution in [3.05, 3.63) is 65.6 Å².